The summed E-state index contributed by atoms with van der Waals surface area (Å²) in [5.74, 6) is 2.39. The van der Waals surface area contributed by atoms with E-state index in [9.17, 15) is 0 Å². The molecule has 4 rings (SSSR count). The third-order valence-corrected chi connectivity index (χ3v) is 4.71. The quantitative estimate of drug-likeness (QED) is 0.900. The van der Waals surface area contributed by atoms with Crippen molar-refractivity contribution in [1.29, 1.82) is 0 Å². The third-order valence-electron chi connectivity index (χ3n) is 4.71. The predicted molar refractivity (Wildman–Crippen MR) is 84.6 cm³/mol. The van der Waals surface area contributed by atoms with Crippen LogP contribution in [0.25, 0.3) is 6.08 Å². The largest absolute Gasteiger partial charge is 0.486 e. The summed E-state index contributed by atoms with van der Waals surface area (Å²) in [6.45, 7) is 4.88. The number of nitrogens with zero attached hydrogens (tertiary/aromatic N) is 1. The minimum atomic E-state index is -0.214. The molecular formula is C17H22N2O3. The highest BCUT2D eigenvalue weighted by Gasteiger charge is 2.38. The Morgan fingerprint density at radius 2 is 1.91 bits per heavy atom. The zero-order chi connectivity index (χ0) is 15.0. The molecule has 0 amide bonds. The Balaban J connectivity index is 1.59. The SMILES string of the molecule is NCCN1CCC2(C=Cc3ccc4c(c3O2)OCCO4)CC1. The zero-order valence-electron chi connectivity index (χ0n) is 12.7. The second kappa shape index (κ2) is 5.48. The predicted octanol–water partition coefficient (Wildman–Crippen LogP) is 1.66. The maximum absolute atomic E-state index is 6.44. The number of hydrogen-bond donors (Lipinski definition) is 1. The van der Waals surface area contributed by atoms with Crippen LogP contribution in [0.3, 0.4) is 0 Å². The summed E-state index contributed by atoms with van der Waals surface area (Å²) in [5, 5.41) is 0. The molecule has 22 heavy (non-hydrogen) atoms. The molecule has 0 atom stereocenters. The number of ether oxygens (including phenoxy) is 3. The molecule has 1 aromatic carbocycles. The number of fused-ring (bicyclic) bond motifs is 3. The van der Waals surface area contributed by atoms with Gasteiger partial charge >= 0.3 is 0 Å². The molecule has 0 radical (unpaired) electrons. The van der Waals surface area contributed by atoms with Gasteiger partial charge in [0.05, 0.1) is 0 Å². The van der Waals surface area contributed by atoms with Crippen molar-refractivity contribution >= 4 is 6.08 Å². The summed E-state index contributed by atoms with van der Waals surface area (Å²) >= 11 is 0. The van der Waals surface area contributed by atoms with Crippen molar-refractivity contribution < 1.29 is 14.2 Å². The summed E-state index contributed by atoms with van der Waals surface area (Å²) in [5.41, 5.74) is 6.51. The topological polar surface area (TPSA) is 57.0 Å². The number of likely N-dealkylation sites (tertiary alicyclic amines) is 1. The van der Waals surface area contributed by atoms with Crippen LogP contribution in [-0.2, 0) is 0 Å². The van der Waals surface area contributed by atoms with Gasteiger partial charge in [-0.3, -0.25) is 0 Å². The van der Waals surface area contributed by atoms with Gasteiger partial charge in [0.2, 0.25) is 5.75 Å². The summed E-state index contributed by atoms with van der Waals surface area (Å²) in [6, 6.07) is 4.00. The molecule has 0 bridgehead atoms. The smallest absolute Gasteiger partial charge is 0.204 e. The lowest BCUT2D eigenvalue weighted by Gasteiger charge is -2.42. The number of benzene rings is 1. The zero-order valence-corrected chi connectivity index (χ0v) is 12.7. The van der Waals surface area contributed by atoms with Crippen molar-refractivity contribution in [2.24, 2.45) is 5.73 Å². The lowest BCUT2D eigenvalue weighted by molar-refractivity contribution is 0.0348. The maximum atomic E-state index is 6.44. The van der Waals surface area contributed by atoms with E-state index in [1.807, 2.05) is 12.1 Å². The first-order chi connectivity index (χ1) is 10.8. The average Bonchev–Trinajstić information content (AvgIpc) is 2.57. The molecule has 0 unspecified atom stereocenters. The van der Waals surface area contributed by atoms with Gasteiger partial charge in [0.15, 0.2) is 11.5 Å². The van der Waals surface area contributed by atoms with E-state index in [4.69, 9.17) is 19.9 Å². The summed E-state index contributed by atoms with van der Waals surface area (Å²) in [6.07, 6.45) is 6.34. The van der Waals surface area contributed by atoms with E-state index in [1.54, 1.807) is 0 Å². The van der Waals surface area contributed by atoms with Crippen LogP contribution in [0, 0.1) is 0 Å². The lowest BCUT2D eigenvalue weighted by Crippen LogP contribution is -2.48. The molecule has 3 heterocycles. The molecule has 1 fully saturated rings. The highest BCUT2D eigenvalue weighted by molar-refractivity contribution is 5.69. The van der Waals surface area contributed by atoms with E-state index in [0.717, 1.165) is 55.3 Å². The molecule has 5 nitrogen and oxygen atoms in total. The van der Waals surface area contributed by atoms with Crippen molar-refractivity contribution in [3.8, 4) is 17.2 Å². The Hall–Kier alpha value is -1.72. The second-order valence-electron chi connectivity index (χ2n) is 6.14. The fourth-order valence-corrected chi connectivity index (χ4v) is 3.43. The van der Waals surface area contributed by atoms with Crippen LogP contribution in [0.4, 0.5) is 0 Å². The van der Waals surface area contributed by atoms with E-state index in [0.29, 0.717) is 19.8 Å². The summed E-state index contributed by atoms with van der Waals surface area (Å²) in [4.78, 5) is 2.40. The van der Waals surface area contributed by atoms with Crippen LogP contribution in [0.2, 0.25) is 0 Å². The monoisotopic (exact) mass is 302 g/mol. The highest BCUT2D eigenvalue weighted by atomic mass is 16.6. The van der Waals surface area contributed by atoms with Crippen LogP contribution >= 0.6 is 0 Å². The van der Waals surface area contributed by atoms with E-state index in [1.165, 1.54) is 0 Å². The normalized spacial score (nSPS) is 22.2. The van der Waals surface area contributed by atoms with Gasteiger partial charge in [-0.15, -0.1) is 0 Å². The van der Waals surface area contributed by atoms with Crippen LogP contribution in [0.1, 0.15) is 18.4 Å². The van der Waals surface area contributed by atoms with Gasteiger partial charge in [-0.2, -0.15) is 0 Å². The minimum Gasteiger partial charge on any atom is -0.486 e. The van der Waals surface area contributed by atoms with Crippen LogP contribution < -0.4 is 19.9 Å². The minimum absolute atomic E-state index is 0.214. The van der Waals surface area contributed by atoms with Gasteiger partial charge in [-0.05, 0) is 18.2 Å². The van der Waals surface area contributed by atoms with Crippen molar-refractivity contribution in [2.75, 3.05) is 39.4 Å². The third kappa shape index (κ3) is 2.34. The molecule has 0 aromatic heterocycles. The average molecular weight is 302 g/mol. The standard InChI is InChI=1S/C17H22N2O3/c18-7-10-19-8-5-17(6-9-19)4-3-13-1-2-14-16(15(13)22-17)21-12-11-20-14/h1-4H,5-12,18H2. The second-order valence-corrected chi connectivity index (χ2v) is 6.14. The Labute approximate surface area is 130 Å². The Morgan fingerprint density at radius 1 is 1.09 bits per heavy atom. The first kappa shape index (κ1) is 13.9. The van der Waals surface area contributed by atoms with Gasteiger partial charge in [0.1, 0.15) is 18.8 Å². The van der Waals surface area contributed by atoms with Gasteiger partial charge < -0.3 is 24.8 Å². The lowest BCUT2D eigenvalue weighted by atomic mass is 9.88. The van der Waals surface area contributed by atoms with E-state index in [2.05, 4.69) is 17.1 Å². The van der Waals surface area contributed by atoms with Gasteiger partial charge in [0.25, 0.3) is 0 Å². The summed E-state index contributed by atoms with van der Waals surface area (Å²) < 4.78 is 17.9. The molecule has 0 saturated carbocycles. The summed E-state index contributed by atoms with van der Waals surface area (Å²) in [7, 11) is 0. The van der Waals surface area contributed by atoms with Gasteiger partial charge in [-0.1, -0.05) is 6.08 Å². The van der Waals surface area contributed by atoms with Crippen molar-refractivity contribution in [1.82, 2.24) is 4.90 Å². The molecule has 1 saturated heterocycles. The van der Waals surface area contributed by atoms with E-state index < -0.39 is 0 Å². The molecule has 1 spiro atoms. The van der Waals surface area contributed by atoms with Crippen LogP contribution in [0.15, 0.2) is 18.2 Å². The fraction of sp³-hybridized carbons (Fsp3) is 0.529. The molecule has 0 aliphatic carbocycles. The van der Waals surface area contributed by atoms with Gasteiger partial charge in [-0.25, -0.2) is 0 Å². The molecule has 2 N–H and O–H groups in total. The molecule has 3 aliphatic heterocycles. The van der Waals surface area contributed by atoms with Crippen LogP contribution in [-0.4, -0.2) is 49.9 Å². The van der Waals surface area contributed by atoms with Crippen LogP contribution in [0.5, 0.6) is 17.2 Å². The number of rotatable bonds is 2. The first-order valence-corrected chi connectivity index (χ1v) is 8.03. The van der Waals surface area contributed by atoms with E-state index in [-0.39, 0.29) is 5.60 Å². The number of hydrogen-bond acceptors (Lipinski definition) is 5. The molecule has 3 aliphatic rings. The molecule has 1 aromatic rings. The Morgan fingerprint density at radius 3 is 2.73 bits per heavy atom. The number of piperidine rings is 1. The molecule has 5 heteroatoms. The first-order valence-electron chi connectivity index (χ1n) is 8.03. The molecule has 118 valence electrons. The van der Waals surface area contributed by atoms with Crippen molar-refractivity contribution in [3.63, 3.8) is 0 Å². The number of nitrogens with two attached hydrogens (primary N) is 1. The highest BCUT2D eigenvalue weighted by Crippen LogP contribution is 2.47. The fourth-order valence-electron chi connectivity index (χ4n) is 3.43. The molecular weight excluding hydrogens is 280 g/mol. The van der Waals surface area contributed by atoms with Crippen molar-refractivity contribution in [2.45, 2.75) is 18.4 Å². The van der Waals surface area contributed by atoms with E-state index >= 15 is 0 Å². The Kier molecular flexibility index (Phi) is 3.47. The van der Waals surface area contributed by atoms with Gasteiger partial charge in [0, 0.05) is 44.6 Å². The maximum Gasteiger partial charge on any atom is 0.204 e. The van der Waals surface area contributed by atoms with Crippen molar-refractivity contribution in [3.05, 3.63) is 23.8 Å². The Bertz CT molecular complexity index is 592.